The molecule has 252 valence electrons. The Hall–Kier alpha value is -7.44. The summed E-state index contributed by atoms with van der Waals surface area (Å²) in [5, 5.41) is 6.98. The van der Waals surface area contributed by atoms with Crippen molar-refractivity contribution in [1.82, 2.24) is 29.9 Å². The van der Waals surface area contributed by atoms with Gasteiger partial charge < -0.3 is 0 Å². The highest BCUT2D eigenvalue weighted by Gasteiger charge is 2.20. The number of nitrogens with zero attached hydrogens (tertiary/aromatic N) is 6. The molecule has 0 saturated carbocycles. The summed E-state index contributed by atoms with van der Waals surface area (Å²) in [5.41, 5.74) is 13.4. The Morgan fingerprint density at radius 3 is 0.444 bits per heavy atom. The monoisotopic (exact) mass is 690 g/mol. The summed E-state index contributed by atoms with van der Waals surface area (Å²) < 4.78 is 0. The maximum atomic E-state index is 4.35. The van der Waals surface area contributed by atoms with Crippen molar-refractivity contribution in [2.45, 2.75) is 0 Å². The molecule has 0 amide bonds. The van der Waals surface area contributed by atoms with Gasteiger partial charge in [0.1, 0.15) is 0 Å². The topological polar surface area (TPSA) is 77.3 Å². The lowest BCUT2D eigenvalue weighted by Gasteiger charge is -2.21. The number of aromatic nitrogens is 6. The molecule has 0 radical (unpaired) electrons. The molecule has 54 heavy (non-hydrogen) atoms. The molecule has 0 aliphatic heterocycles. The van der Waals surface area contributed by atoms with E-state index in [0.29, 0.717) is 0 Å². The number of hydrogen-bond donors (Lipinski definition) is 0. The van der Waals surface area contributed by atoms with Gasteiger partial charge in [0.05, 0.1) is 0 Å². The summed E-state index contributed by atoms with van der Waals surface area (Å²) in [4.78, 5) is 26.1. The van der Waals surface area contributed by atoms with Gasteiger partial charge in [0, 0.05) is 74.4 Å². The molecular weight excluding hydrogens is 661 g/mol. The van der Waals surface area contributed by atoms with Crippen molar-refractivity contribution < 1.29 is 0 Å². The molecule has 0 fully saturated rings. The van der Waals surface area contributed by atoms with Gasteiger partial charge in [0.25, 0.3) is 0 Å². The van der Waals surface area contributed by atoms with E-state index in [-0.39, 0.29) is 0 Å². The Labute approximate surface area is 311 Å². The summed E-state index contributed by atoms with van der Waals surface area (Å²) in [7, 11) is 0. The molecule has 0 unspecified atom stereocenters. The number of hydrogen-bond acceptors (Lipinski definition) is 6. The molecule has 0 bridgehead atoms. The second kappa shape index (κ2) is 13.3. The van der Waals surface area contributed by atoms with Crippen molar-refractivity contribution in [2.24, 2.45) is 0 Å². The Bertz CT molecular complexity index is 2380. The zero-order valence-electron chi connectivity index (χ0n) is 29.0. The molecule has 6 heterocycles. The second-order valence-corrected chi connectivity index (χ2v) is 13.2. The molecule has 0 saturated heterocycles. The highest BCUT2D eigenvalue weighted by atomic mass is 14.6. The van der Waals surface area contributed by atoms with Gasteiger partial charge in [-0.25, -0.2) is 0 Å². The fourth-order valence-corrected chi connectivity index (χ4v) is 7.76. The van der Waals surface area contributed by atoms with Gasteiger partial charge in [0.2, 0.25) is 0 Å². The van der Waals surface area contributed by atoms with Gasteiger partial charge in [-0.05, 0) is 208 Å². The van der Waals surface area contributed by atoms with Crippen LogP contribution in [-0.2, 0) is 0 Å². The number of rotatable bonds is 6. The normalized spacial score (nSPS) is 11.3. The van der Waals surface area contributed by atoms with E-state index in [9.17, 15) is 0 Å². The molecule has 0 N–H and O–H groups in total. The molecule has 10 aromatic rings. The first-order chi connectivity index (χ1) is 26.8. The van der Waals surface area contributed by atoms with Crippen LogP contribution in [0.25, 0.3) is 99.1 Å². The molecule has 6 aromatic heterocycles. The Kier molecular flexibility index (Phi) is 7.69. The third-order valence-corrected chi connectivity index (χ3v) is 10.3. The van der Waals surface area contributed by atoms with E-state index in [0.717, 1.165) is 99.1 Å². The van der Waals surface area contributed by atoms with Crippen molar-refractivity contribution in [3.63, 3.8) is 0 Å². The van der Waals surface area contributed by atoms with E-state index in [1.807, 2.05) is 74.4 Å². The fourth-order valence-electron chi connectivity index (χ4n) is 7.76. The minimum Gasteiger partial charge on any atom is -0.265 e. The van der Waals surface area contributed by atoms with Crippen molar-refractivity contribution in [2.75, 3.05) is 0 Å². The van der Waals surface area contributed by atoms with E-state index < -0.39 is 0 Å². The average molecular weight is 691 g/mol. The van der Waals surface area contributed by atoms with Gasteiger partial charge in [-0.1, -0.05) is 0 Å². The maximum absolute atomic E-state index is 4.35. The Morgan fingerprint density at radius 2 is 0.315 bits per heavy atom. The summed E-state index contributed by atoms with van der Waals surface area (Å²) in [6.45, 7) is 0. The predicted molar refractivity (Wildman–Crippen MR) is 218 cm³/mol. The summed E-state index contributed by atoms with van der Waals surface area (Å²) >= 11 is 0. The summed E-state index contributed by atoms with van der Waals surface area (Å²) in [5.74, 6) is 0. The summed E-state index contributed by atoms with van der Waals surface area (Å²) in [6.07, 6.45) is 22.3. The highest BCUT2D eigenvalue weighted by molar-refractivity contribution is 6.29. The molecule has 6 heteroatoms. The lowest BCUT2D eigenvalue weighted by molar-refractivity contribution is 1.32. The molecule has 4 aromatic carbocycles. The zero-order valence-corrected chi connectivity index (χ0v) is 29.0. The predicted octanol–water partition coefficient (Wildman–Crippen LogP) is 11.5. The highest BCUT2D eigenvalue weighted by Crippen LogP contribution is 2.47. The first-order valence-electron chi connectivity index (χ1n) is 17.8. The quantitative estimate of drug-likeness (QED) is 0.162. The van der Waals surface area contributed by atoms with E-state index in [1.54, 1.807) is 0 Å². The smallest absolute Gasteiger partial charge is 0.0273 e. The number of pyridine rings is 6. The van der Waals surface area contributed by atoms with Crippen molar-refractivity contribution in [3.8, 4) is 66.8 Å². The lowest BCUT2D eigenvalue weighted by atomic mass is 9.83. The van der Waals surface area contributed by atoms with E-state index in [4.69, 9.17) is 0 Å². The van der Waals surface area contributed by atoms with E-state index >= 15 is 0 Å². The molecule has 0 spiro atoms. The van der Waals surface area contributed by atoms with Crippen molar-refractivity contribution >= 4 is 32.3 Å². The lowest BCUT2D eigenvalue weighted by Crippen LogP contribution is -1.94. The van der Waals surface area contributed by atoms with Crippen molar-refractivity contribution in [1.29, 1.82) is 0 Å². The van der Waals surface area contributed by atoms with Crippen LogP contribution in [0, 0.1) is 0 Å². The Morgan fingerprint density at radius 1 is 0.185 bits per heavy atom. The van der Waals surface area contributed by atoms with Crippen LogP contribution in [0.15, 0.2) is 184 Å². The third kappa shape index (κ3) is 5.45. The van der Waals surface area contributed by atoms with Gasteiger partial charge in [0.15, 0.2) is 0 Å². The third-order valence-electron chi connectivity index (χ3n) is 10.3. The van der Waals surface area contributed by atoms with Crippen molar-refractivity contribution in [3.05, 3.63) is 184 Å². The van der Waals surface area contributed by atoms with Crippen LogP contribution < -0.4 is 0 Å². The van der Waals surface area contributed by atoms with Gasteiger partial charge in [-0.2, -0.15) is 0 Å². The summed E-state index contributed by atoms with van der Waals surface area (Å²) in [6, 6.07) is 39.2. The van der Waals surface area contributed by atoms with Crippen LogP contribution in [0.5, 0.6) is 0 Å². The van der Waals surface area contributed by atoms with Crippen LogP contribution in [0.4, 0.5) is 0 Å². The molecule has 0 aliphatic rings. The zero-order chi connectivity index (χ0) is 35.8. The first kappa shape index (κ1) is 31.3. The van der Waals surface area contributed by atoms with E-state index in [1.165, 1.54) is 0 Å². The van der Waals surface area contributed by atoms with E-state index in [2.05, 4.69) is 139 Å². The minimum atomic E-state index is 1.10. The molecule has 10 rings (SSSR count). The Balaban J connectivity index is 1.42. The van der Waals surface area contributed by atoms with Crippen LogP contribution in [0.1, 0.15) is 0 Å². The molecular formula is C48H30N6. The van der Waals surface area contributed by atoms with Gasteiger partial charge in [-0.3, -0.25) is 29.9 Å². The standard InChI is InChI=1S/C48H30N6/c1-13-49-14-2-31(1)37-25-43-44(26-38(37)32-3-15-50-16-4-32)46-28-40(34-7-19-52-20-8-34)42(36-11-23-54-24-12-36)30-48(46)47-29-41(35-9-21-53-22-10-35)39(27-45(43)47)33-5-17-51-18-6-33/h1-30H. The van der Waals surface area contributed by atoms with Crippen LogP contribution in [-0.4, -0.2) is 29.9 Å². The SMILES string of the molecule is c1cc(-c2cc3c4cc(-c5ccncc5)c(-c5ccncc5)cc4c4cc(-c5ccncc5)c(-c5ccncc5)cc4c3cc2-c2ccncc2)ccn1. The maximum Gasteiger partial charge on any atom is 0.0273 e. The van der Waals surface area contributed by atoms with Gasteiger partial charge in [-0.15, -0.1) is 0 Å². The molecule has 0 atom stereocenters. The first-order valence-corrected chi connectivity index (χ1v) is 17.8. The number of benzene rings is 4. The van der Waals surface area contributed by atoms with Crippen LogP contribution in [0.2, 0.25) is 0 Å². The largest absolute Gasteiger partial charge is 0.265 e. The molecule has 0 aliphatic carbocycles. The van der Waals surface area contributed by atoms with Crippen LogP contribution in [0.3, 0.4) is 0 Å². The van der Waals surface area contributed by atoms with Crippen LogP contribution >= 0.6 is 0 Å². The van der Waals surface area contributed by atoms with Gasteiger partial charge >= 0.3 is 0 Å². The minimum absolute atomic E-state index is 1.10. The number of fused-ring (bicyclic) bond motifs is 6. The second-order valence-electron chi connectivity index (χ2n) is 13.2. The fraction of sp³-hybridized carbons (Fsp3) is 0. The molecule has 6 nitrogen and oxygen atoms in total. The average Bonchev–Trinajstić information content (AvgIpc) is 3.27.